The Morgan fingerprint density at radius 2 is 1.86 bits per heavy atom. The van der Waals surface area contributed by atoms with Gasteiger partial charge in [0.1, 0.15) is 11.6 Å². The highest BCUT2D eigenvalue weighted by Gasteiger charge is 2.31. The summed E-state index contributed by atoms with van der Waals surface area (Å²) in [5, 5.41) is 3.05. The minimum atomic E-state index is -4.38. The highest BCUT2D eigenvalue weighted by atomic mass is 19.4. The van der Waals surface area contributed by atoms with Gasteiger partial charge >= 0.3 is 6.18 Å². The average Bonchev–Trinajstić information content (AvgIpc) is 2.73. The first kappa shape index (κ1) is 21.0. The average molecular weight is 407 g/mol. The summed E-state index contributed by atoms with van der Waals surface area (Å²) in [4.78, 5) is 18.1. The molecule has 0 unspecified atom stereocenters. The van der Waals surface area contributed by atoms with Crippen LogP contribution in [-0.2, 0) is 17.4 Å². The van der Waals surface area contributed by atoms with E-state index in [1.165, 1.54) is 6.07 Å². The second kappa shape index (κ2) is 9.15. The van der Waals surface area contributed by atoms with E-state index in [1.807, 2.05) is 29.2 Å². The van der Waals surface area contributed by atoms with Crippen molar-refractivity contribution in [3.05, 3.63) is 53.7 Å². The fraction of sp³-hybridized carbons (Fsp3) is 0.429. The quantitative estimate of drug-likeness (QED) is 0.791. The third-order valence-corrected chi connectivity index (χ3v) is 5.06. The number of nitrogens with zero attached hydrogens (tertiary/aromatic N) is 2. The zero-order chi connectivity index (χ0) is 20.9. The van der Waals surface area contributed by atoms with Crippen LogP contribution >= 0.6 is 0 Å². The number of alkyl halides is 3. The molecule has 2 aromatic rings. The van der Waals surface area contributed by atoms with Crippen molar-refractivity contribution >= 4 is 11.7 Å². The van der Waals surface area contributed by atoms with Crippen LogP contribution in [0.3, 0.4) is 0 Å². The zero-order valence-electron chi connectivity index (χ0n) is 16.2. The Labute approximate surface area is 167 Å². The summed E-state index contributed by atoms with van der Waals surface area (Å²) in [7, 11) is 1.61. The molecule has 0 saturated carbocycles. The lowest BCUT2D eigenvalue weighted by Gasteiger charge is -2.33. The molecule has 1 aromatic carbocycles. The van der Waals surface area contributed by atoms with Crippen LogP contribution in [0.25, 0.3) is 0 Å². The number of hydrogen-bond donors (Lipinski definition) is 1. The molecule has 8 heteroatoms. The molecule has 1 N–H and O–H groups in total. The van der Waals surface area contributed by atoms with Crippen LogP contribution in [0.2, 0.25) is 0 Å². The minimum Gasteiger partial charge on any atom is -0.497 e. The number of methoxy groups -OCH3 is 1. The molecule has 1 amide bonds. The number of benzene rings is 1. The Bertz CT molecular complexity index is 799. The summed E-state index contributed by atoms with van der Waals surface area (Å²) < 4.78 is 43.0. The molecule has 0 atom stereocenters. The maximum Gasteiger partial charge on any atom is 0.417 e. The summed E-state index contributed by atoms with van der Waals surface area (Å²) in [6.45, 7) is 1.28. The lowest BCUT2D eigenvalue weighted by Crippen LogP contribution is -2.45. The topological polar surface area (TPSA) is 54.5 Å². The highest BCUT2D eigenvalue weighted by molar-refractivity contribution is 5.76. The van der Waals surface area contributed by atoms with Crippen molar-refractivity contribution in [2.45, 2.75) is 37.9 Å². The van der Waals surface area contributed by atoms with Gasteiger partial charge in [0.2, 0.25) is 5.91 Å². The van der Waals surface area contributed by atoms with E-state index in [0.717, 1.165) is 36.4 Å². The van der Waals surface area contributed by atoms with E-state index in [1.54, 1.807) is 7.11 Å². The van der Waals surface area contributed by atoms with Crippen LogP contribution in [0.1, 0.15) is 30.4 Å². The molecule has 2 heterocycles. The number of aromatic nitrogens is 1. The number of ether oxygens (including phenoxy) is 1. The van der Waals surface area contributed by atoms with Gasteiger partial charge in [-0.15, -0.1) is 0 Å². The van der Waals surface area contributed by atoms with Crippen molar-refractivity contribution < 1.29 is 22.7 Å². The van der Waals surface area contributed by atoms with Crippen molar-refractivity contribution in [2.24, 2.45) is 0 Å². The largest absolute Gasteiger partial charge is 0.497 e. The van der Waals surface area contributed by atoms with E-state index in [9.17, 15) is 18.0 Å². The summed E-state index contributed by atoms with van der Waals surface area (Å²) in [5.41, 5.74) is 0.324. The third-order valence-electron chi connectivity index (χ3n) is 5.06. The predicted octanol–water partition coefficient (Wildman–Crippen LogP) is 3.83. The molecule has 1 aromatic heterocycles. The van der Waals surface area contributed by atoms with E-state index in [-0.39, 0.29) is 11.9 Å². The Morgan fingerprint density at radius 3 is 2.41 bits per heavy atom. The maximum atomic E-state index is 12.6. The molecule has 0 bridgehead atoms. The van der Waals surface area contributed by atoms with Gasteiger partial charge in [0, 0.05) is 31.7 Å². The Morgan fingerprint density at radius 1 is 1.17 bits per heavy atom. The molecular formula is C21H24F3N3O2. The van der Waals surface area contributed by atoms with Gasteiger partial charge in [0.15, 0.2) is 0 Å². The molecule has 0 radical (unpaired) electrons. The Kier molecular flexibility index (Phi) is 6.61. The summed E-state index contributed by atoms with van der Waals surface area (Å²) in [6, 6.07) is 10.2. The number of piperidine rings is 1. The maximum absolute atomic E-state index is 12.6. The number of anilines is 1. The second-order valence-electron chi connectivity index (χ2n) is 7.08. The standard InChI is InChI=1S/C21H24F3N3O2/c1-29-18-6-2-15(3-7-18)4-9-20(28)26-17-10-12-27(13-11-17)19-8-5-16(14-25-19)21(22,23)24/h2-3,5-8,14,17H,4,9-13H2,1H3,(H,26,28). The van der Waals surface area contributed by atoms with E-state index in [0.29, 0.717) is 31.7 Å². The first-order valence-corrected chi connectivity index (χ1v) is 9.55. The predicted molar refractivity (Wildman–Crippen MR) is 104 cm³/mol. The number of amides is 1. The minimum absolute atomic E-state index is 0.00641. The molecule has 1 fully saturated rings. The highest BCUT2D eigenvalue weighted by Crippen LogP contribution is 2.29. The number of aryl methyl sites for hydroxylation is 1. The molecule has 1 aliphatic heterocycles. The number of rotatable bonds is 6. The molecule has 156 valence electrons. The van der Waals surface area contributed by atoms with E-state index in [4.69, 9.17) is 4.74 Å². The van der Waals surface area contributed by atoms with Gasteiger partial charge in [-0.05, 0) is 49.1 Å². The van der Waals surface area contributed by atoms with Gasteiger partial charge < -0.3 is 15.0 Å². The number of halogens is 3. The number of hydrogen-bond acceptors (Lipinski definition) is 4. The molecule has 0 aliphatic carbocycles. The van der Waals surface area contributed by atoms with Crippen LogP contribution in [0.15, 0.2) is 42.6 Å². The van der Waals surface area contributed by atoms with E-state index in [2.05, 4.69) is 10.3 Å². The van der Waals surface area contributed by atoms with Gasteiger partial charge in [-0.1, -0.05) is 12.1 Å². The van der Waals surface area contributed by atoms with Crippen molar-refractivity contribution in [3.63, 3.8) is 0 Å². The van der Waals surface area contributed by atoms with E-state index < -0.39 is 11.7 Å². The van der Waals surface area contributed by atoms with Crippen molar-refractivity contribution in [1.29, 1.82) is 0 Å². The number of carbonyl (C=O) groups excluding carboxylic acids is 1. The summed E-state index contributed by atoms with van der Waals surface area (Å²) in [5.74, 6) is 1.32. The van der Waals surface area contributed by atoms with Crippen LogP contribution in [-0.4, -0.2) is 37.1 Å². The lowest BCUT2D eigenvalue weighted by molar-refractivity contribution is -0.137. The zero-order valence-corrected chi connectivity index (χ0v) is 16.2. The van der Waals surface area contributed by atoms with Crippen LogP contribution < -0.4 is 15.0 Å². The van der Waals surface area contributed by atoms with Crippen LogP contribution in [0.5, 0.6) is 5.75 Å². The SMILES string of the molecule is COc1ccc(CCC(=O)NC2CCN(c3ccc(C(F)(F)F)cn3)CC2)cc1. The summed E-state index contributed by atoms with van der Waals surface area (Å²) >= 11 is 0. The van der Waals surface area contributed by atoms with Gasteiger partial charge in [0.25, 0.3) is 0 Å². The first-order chi connectivity index (χ1) is 13.8. The molecule has 3 rings (SSSR count). The van der Waals surface area contributed by atoms with Crippen molar-refractivity contribution in [3.8, 4) is 5.75 Å². The second-order valence-corrected chi connectivity index (χ2v) is 7.08. The van der Waals surface area contributed by atoms with Gasteiger partial charge in [-0.3, -0.25) is 4.79 Å². The molecule has 1 saturated heterocycles. The molecule has 29 heavy (non-hydrogen) atoms. The van der Waals surface area contributed by atoms with Crippen LogP contribution in [0, 0.1) is 0 Å². The summed E-state index contributed by atoms with van der Waals surface area (Å²) in [6.07, 6.45) is -0.984. The molecule has 5 nitrogen and oxygen atoms in total. The fourth-order valence-corrected chi connectivity index (χ4v) is 3.34. The van der Waals surface area contributed by atoms with E-state index >= 15 is 0 Å². The Balaban J connectivity index is 1.42. The van der Waals surface area contributed by atoms with Gasteiger partial charge in [-0.2, -0.15) is 13.2 Å². The number of carbonyl (C=O) groups is 1. The fourth-order valence-electron chi connectivity index (χ4n) is 3.34. The van der Waals surface area contributed by atoms with Crippen molar-refractivity contribution in [2.75, 3.05) is 25.1 Å². The number of nitrogens with one attached hydrogen (secondary N) is 1. The lowest BCUT2D eigenvalue weighted by atomic mass is 10.0. The smallest absolute Gasteiger partial charge is 0.417 e. The molecule has 1 aliphatic rings. The third kappa shape index (κ3) is 5.85. The first-order valence-electron chi connectivity index (χ1n) is 9.55. The number of pyridine rings is 1. The van der Waals surface area contributed by atoms with Gasteiger partial charge in [-0.25, -0.2) is 4.98 Å². The molecule has 0 spiro atoms. The van der Waals surface area contributed by atoms with Gasteiger partial charge in [0.05, 0.1) is 12.7 Å². The monoisotopic (exact) mass is 407 g/mol. The molecular weight excluding hydrogens is 383 g/mol. The van der Waals surface area contributed by atoms with Crippen LogP contribution in [0.4, 0.5) is 19.0 Å². The van der Waals surface area contributed by atoms with Crippen molar-refractivity contribution in [1.82, 2.24) is 10.3 Å². The normalized spacial score (nSPS) is 15.2. The Hall–Kier alpha value is -2.77.